The van der Waals surface area contributed by atoms with Crippen molar-refractivity contribution in [3.05, 3.63) is 54.1 Å². The van der Waals surface area contributed by atoms with Gasteiger partial charge in [-0.25, -0.2) is 0 Å². The van der Waals surface area contributed by atoms with Gasteiger partial charge >= 0.3 is 5.97 Å². The van der Waals surface area contributed by atoms with Crippen LogP contribution in [0, 0.1) is 11.3 Å². The molecule has 0 unspecified atom stereocenters. The van der Waals surface area contributed by atoms with Gasteiger partial charge in [-0.3, -0.25) is 9.59 Å². The van der Waals surface area contributed by atoms with Gasteiger partial charge in [-0.1, -0.05) is 18.2 Å². The van der Waals surface area contributed by atoms with Gasteiger partial charge < -0.3 is 19.5 Å². The van der Waals surface area contributed by atoms with E-state index in [-0.39, 0.29) is 13.0 Å². The average Bonchev–Trinajstić information content (AvgIpc) is 2.68. The average molecular weight is 368 g/mol. The van der Waals surface area contributed by atoms with Crippen LogP contribution in [-0.4, -0.2) is 31.7 Å². The lowest BCUT2D eigenvalue weighted by Crippen LogP contribution is -2.30. The Morgan fingerprint density at radius 2 is 1.89 bits per heavy atom. The summed E-state index contributed by atoms with van der Waals surface area (Å²) in [5, 5.41) is 11.5. The normalized spacial score (nSPS) is 11.0. The van der Waals surface area contributed by atoms with Crippen LogP contribution in [0.2, 0.25) is 0 Å². The number of carbonyl (C=O) groups is 2. The van der Waals surface area contributed by atoms with Gasteiger partial charge in [0.25, 0.3) is 5.91 Å². The van der Waals surface area contributed by atoms with Crippen LogP contribution >= 0.6 is 0 Å². The monoisotopic (exact) mass is 368 g/mol. The van der Waals surface area contributed by atoms with Crippen molar-refractivity contribution in [2.75, 3.05) is 19.0 Å². The first-order valence-electron chi connectivity index (χ1n) is 8.30. The van der Waals surface area contributed by atoms with Crippen LogP contribution in [0.3, 0.4) is 0 Å². The minimum Gasteiger partial charge on any atom is -0.493 e. The number of anilines is 1. The number of methoxy groups -OCH3 is 1. The fourth-order valence-electron chi connectivity index (χ4n) is 2.20. The van der Waals surface area contributed by atoms with Crippen LogP contribution in [0.25, 0.3) is 0 Å². The summed E-state index contributed by atoms with van der Waals surface area (Å²) < 4.78 is 15.8. The van der Waals surface area contributed by atoms with E-state index >= 15 is 0 Å². The molecule has 0 saturated heterocycles. The van der Waals surface area contributed by atoms with Gasteiger partial charge in [0.2, 0.25) is 0 Å². The van der Waals surface area contributed by atoms with E-state index in [2.05, 4.69) is 5.32 Å². The zero-order valence-corrected chi connectivity index (χ0v) is 15.1. The first kappa shape index (κ1) is 19.8. The molecule has 1 atom stereocenters. The highest BCUT2D eigenvalue weighted by Gasteiger charge is 2.18. The third-order valence-corrected chi connectivity index (χ3v) is 3.57. The van der Waals surface area contributed by atoms with Gasteiger partial charge in [0.15, 0.2) is 17.6 Å². The molecule has 2 aromatic rings. The van der Waals surface area contributed by atoms with Gasteiger partial charge in [-0.2, -0.15) is 5.26 Å². The van der Waals surface area contributed by atoms with Crippen molar-refractivity contribution in [2.24, 2.45) is 0 Å². The van der Waals surface area contributed by atoms with Crippen LogP contribution in [0.4, 0.5) is 5.69 Å². The molecule has 0 aromatic heterocycles. The molecule has 2 rings (SSSR count). The molecule has 7 nitrogen and oxygen atoms in total. The van der Waals surface area contributed by atoms with E-state index in [4.69, 9.17) is 19.5 Å². The molecular formula is C20H20N2O5. The molecule has 7 heteroatoms. The number of para-hydroxylation sites is 2. The van der Waals surface area contributed by atoms with Crippen molar-refractivity contribution < 1.29 is 23.8 Å². The second-order valence-electron chi connectivity index (χ2n) is 5.56. The van der Waals surface area contributed by atoms with Crippen molar-refractivity contribution in [3.8, 4) is 17.6 Å². The van der Waals surface area contributed by atoms with Crippen LogP contribution < -0.4 is 14.8 Å². The maximum atomic E-state index is 12.1. The first-order chi connectivity index (χ1) is 13.0. The molecule has 0 fully saturated rings. The van der Waals surface area contributed by atoms with Gasteiger partial charge in [-0.15, -0.1) is 0 Å². The number of nitriles is 1. The van der Waals surface area contributed by atoms with Gasteiger partial charge in [0, 0.05) is 5.69 Å². The Morgan fingerprint density at radius 3 is 2.59 bits per heavy atom. The van der Waals surface area contributed by atoms with E-state index in [9.17, 15) is 9.59 Å². The minimum atomic E-state index is -0.977. The zero-order valence-electron chi connectivity index (χ0n) is 15.1. The Balaban J connectivity index is 1.79. The van der Waals surface area contributed by atoms with E-state index in [1.807, 2.05) is 12.1 Å². The number of ether oxygens (including phenoxy) is 3. The highest BCUT2D eigenvalue weighted by molar-refractivity contribution is 5.95. The summed E-state index contributed by atoms with van der Waals surface area (Å²) in [5.74, 6) is 0.0524. The summed E-state index contributed by atoms with van der Waals surface area (Å²) >= 11 is 0. The van der Waals surface area contributed by atoms with Crippen LogP contribution in [-0.2, 0) is 14.3 Å². The number of nitrogens with zero attached hydrogens (tertiary/aromatic N) is 1. The lowest BCUT2D eigenvalue weighted by molar-refractivity contribution is -0.153. The Morgan fingerprint density at radius 1 is 1.15 bits per heavy atom. The number of nitrogens with one attached hydrogen (secondary N) is 1. The molecule has 0 aliphatic rings. The Hall–Kier alpha value is -3.53. The molecule has 0 radical (unpaired) electrons. The molecule has 0 bridgehead atoms. The van der Waals surface area contributed by atoms with Crippen molar-refractivity contribution in [2.45, 2.75) is 19.4 Å². The number of amides is 1. The van der Waals surface area contributed by atoms with Crippen molar-refractivity contribution >= 4 is 17.6 Å². The van der Waals surface area contributed by atoms with Crippen LogP contribution in [0.1, 0.15) is 18.9 Å². The summed E-state index contributed by atoms with van der Waals surface area (Å²) in [6, 6.07) is 15.5. The zero-order chi connectivity index (χ0) is 19.6. The molecule has 0 aliphatic heterocycles. The van der Waals surface area contributed by atoms with Crippen LogP contribution in [0.15, 0.2) is 48.5 Å². The summed E-state index contributed by atoms with van der Waals surface area (Å²) in [7, 11) is 1.53. The van der Waals surface area contributed by atoms with E-state index in [0.29, 0.717) is 22.7 Å². The Labute approximate surface area is 157 Å². The predicted molar refractivity (Wildman–Crippen MR) is 98.4 cm³/mol. The molecule has 0 spiro atoms. The maximum absolute atomic E-state index is 12.1. The van der Waals surface area contributed by atoms with Crippen molar-refractivity contribution in [3.63, 3.8) is 0 Å². The second kappa shape index (κ2) is 9.82. The molecule has 0 aliphatic carbocycles. The van der Waals surface area contributed by atoms with Gasteiger partial charge in [0.05, 0.1) is 31.8 Å². The van der Waals surface area contributed by atoms with E-state index in [0.717, 1.165) is 0 Å². The predicted octanol–water partition coefficient (Wildman–Crippen LogP) is 2.91. The molecule has 1 N–H and O–H groups in total. The van der Waals surface area contributed by atoms with Gasteiger partial charge in [-0.05, 0) is 37.3 Å². The third kappa shape index (κ3) is 6.04. The largest absolute Gasteiger partial charge is 0.493 e. The fraction of sp³-hybridized carbons (Fsp3) is 0.250. The van der Waals surface area contributed by atoms with Crippen molar-refractivity contribution in [1.29, 1.82) is 5.26 Å². The third-order valence-electron chi connectivity index (χ3n) is 3.57. The molecule has 2 aromatic carbocycles. The summed E-state index contributed by atoms with van der Waals surface area (Å²) in [6.07, 6.45) is -0.992. The molecule has 0 saturated carbocycles. The molecule has 140 valence electrons. The molecule has 27 heavy (non-hydrogen) atoms. The highest BCUT2D eigenvalue weighted by Crippen LogP contribution is 2.25. The molecule has 1 amide bonds. The number of hydrogen-bond donors (Lipinski definition) is 1. The Kier molecular flexibility index (Phi) is 7.20. The number of esters is 1. The van der Waals surface area contributed by atoms with E-state index < -0.39 is 18.0 Å². The Bertz CT molecular complexity index is 844. The van der Waals surface area contributed by atoms with E-state index in [1.165, 1.54) is 20.1 Å². The SMILES string of the molecule is COc1ccccc1OCCC(=O)O[C@@H](C)C(=O)Nc1cccc(C#N)c1. The van der Waals surface area contributed by atoms with Crippen molar-refractivity contribution in [1.82, 2.24) is 0 Å². The topological polar surface area (TPSA) is 97.7 Å². The number of benzene rings is 2. The van der Waals surface area contributed by atoms with Crippen LogP contribution in [0.5, 0.6) is 11.5 Å². The number of hydrogen-bond acceptors (Lipinski definition) is 6. The number of rotatable bonds is 8. The maximum Gasteiger partial charge on any atom is 0.310 e. The number of carbonyl (C=O) groups excluding carboxylic acids is 2. The summed E-state index contributed by atoms with van der Waals surface area (Å²) in [4.78, 5) is 24.0. The lowest BCUT2D eigenvalue weighted by Gasteiger charge is -2.14. The van der Waals surface area contributed by atoms with Gasteiger partial charge in [0.1, 0.15) is 0 Å². The highest BCUT2D eigenvalue weighted by atomic mass is 16.6. The summed E-state index contributed by atoms with van der Waals surface area (Å²) in [6.45, 7) is 1.57. The second-order valence-corrected chi connectivity index (χ2v) is 5.56. The smallest absolute Gasteiger partial charge is 0.310 e. The minimum absolute atomic E-state index is 0.0143. The molecular weight excluding hydrogens is 348 g/mol. The summed E-state index contributed by atoms with van der Waals surface area (Å²) in [5.41, 5.74) is 0.882. The first-order valence-corrected chi connectivity index (χ1v) is 8.30. The van der Waals surface area contributed by atoms with E-state index in [1.54, 1.807) is 36.4 Å². The fourth-order valence-corrected chi connectivity index (χ4v) is 2.20. The standard InChI is InChI=1S/C20H20N2O5/c1-14(20(24)22-16-7-5-6-15(12-16)13-21)27-19(23)10-11-26-18-9-4-3-8-17(18)25-2/h3-9,12,14H,10-11H2,1-2H3,(H,22,24)/t14-/m0/s1. The quantitative estimate of drug-likeness (QED) is 0.720. The lowest BCUT2D eigenvalue weighted by atomic mass is 10.2. The molecule has 0 heterocycles.